The van der Waals surface area contributed by atoms with E-state index >= 15 is 0 Å². The SMILES string of the molecule is C[C@@H](O)c1cc2n(n1)CCCN(Cc1cc(Cl)ccc1OCC(=O)O)C2. The van der Waals surface area contributed by atoms with Crippen molar-refractivity contribution in [1.29, 1.82) is 0 Å². The van der Waals surface area contributed by atoms with Crippen molar-refractivity contribution in [3.63, 3.8) is 0 Å². The van der Waals surface area contributed by atoms with E-state index in [1.165, 1.54) is 0 Å². The smallest absolute Gasteiger partial charge is 0.341 e. The maximum Gasteiger partial charge on any atom is 0.341 e. The second kappa shape index (κ2) is 8.07. The fourth-order valence-corrected chi connectivity index (χ4v) is 3.28. The van der Waals surface area contributed by atoms with Gasteiger partial charge in [0.25, 0.3) is 0 Å². The molecule has 0 fully saturated rings. The molecule has 0 spiro atoms. The molecule has 7 nitrogen and oxygen atoms in total. The summed E-state index contributed by atoms with van der Waals surface area (Å²) < 4.78 is 7.34. The third kappa shape index (κ3) is 4.55. The number of hydrogen-bond donors (Lipinski definition) is 2. The summed E-state index contributed by atoms with van der Waals surface area (Å²) in [6.07, 6.45) is 0.339. The first kappa shape index (κ1) is 18.7. The molecule has 8 heteroatoms. The fraction of sp³-hybridized carbons (Fsp3) is 0.444. The van der Waals surface area contributed by atoms with E-state index in [2.05, 4.69) is 10.00 Å². The Morgan fingerprint density at radius 2 is 2.19 bits per heavy atom. The van der Waals surface area contributed by atoms with Crippen LogP contribution in [-0.2, 0) is 24.4 Å². The Bertz CT molecular complexity index is 791. The predicted molar refractivity (Wildman–Crippen MR) is 96.2 cm³/mol. The van der Waals surface area contributed by atoms with Crippen LogP contribution in [0.1, 0.15) is 36.4 Å². The van der Waals surface area contributed by atoms with Gasteiger partial charge in [0.15, 0.2) is 6.61 Å². The van der Waals surface area contributed by atoms with Crippen LogP contribution in [0.5, 0.6) is 5.75 Å². The summed E-state index contributed by atoms with van der Waals surface area (Å²) in [5, 5.41) is 23.6. The molecule has 1 aliphatic rings. The van der Waals surface area contributed by atoms with Crippen molar-refractivity contribution >= 4 is 17.6 Å². The molecule has 2 N–H and O–H groups in total. The topological polar surface area (TPSA) is 87.8 Å². The van der Waals surface area contributed by atoms with E-state index in [0.717, 1.165) is 30.8 Å². The van der Waals surface area contributed by atoms with Gasteiger partial charge in [0.2, 0.25) is 0 Å². The number of aliphatic carboxylic acids is 1. The highest BCUT2D eigenvalue weighted by Crippen LogP contribution is 2.26. The minimum absolute atomic E-state index is 0.390. The van der Waals surface area contributed by atoms with Crippen molar-refractivity contribution < 1.29 is 19.7 Å². The van der Waals surface area contributed by atoms with Crippen LogP contribution in [0, 0.1) is 0 Å². The molecule has 0 amide bonds. The number of aryl methyl sites for hydroxylation is 1. The summed E-state index contributed by atoms with van der Waals surface area (Å²) in [6, 6.07) is 7.13. The van der Waals surface area contributed by atoms with Gasteiger partial charge in [0.05, 0.1) is 17.5 Å². The first-order valence-corrected chi connectivity index (χ1v) is 8.90. The number of hydrogen-bond acceptors (Lipinski definition) is 5. The fourth-order valence-electron chi connectivity index (χ4n) is 3.08. The van der Waals surface area contributed by atoms with E-state index in [-0.39, 0.29) is 6.61 Å². The molecule has 1 aliphatic heterocycles. The number of ether oxygens (including phenoxy) is 1. The monoisotopic (exact) mass is 379 g/mol. The molecule has 0 radical (unpaired) electrons. The highest BCUT2D eigenvalue weighted by atomic mass is 35.5. The Hall–Kier alpha value is -2.09. The van der Waals surface area contributed by atoms with Gasteiger partial charge in [0.1, 0.15) is 5.75 Å². The molecule has 26 heavy (non-hydrogen) atoms. The van der Waals surface area contributed by atoms with Crippen molar-refractivity contribution in [2.75, 3.05) is 13.2 Å². The van der Waals surface area contributed by atoms with E-state index in [9.17, 15) is 9.90 Å². The van der Waals surface area contributed by atoms with Crippen molar-refractivity contribution in [1.82, 2.24) is 14.7 Å². The highest BCUT2D eigenvalue weighted by Gasteiger charge is 2.19. The first-order valence-electron chi connectivity index (χ1n) is 8.52. The maximum absolute atomic E-state index is 10.8. The van der Waals surface area contributed by atoms with Gasteiger partial charge in [-0.1, -0.05) is 11.6 Å². The summed E-state index contributed by atoms with van der Waals surface area (Å²) in [5.74, 6) is -0.491. The van der Waals surface area contributed by atoms with Gasteiger partial charge < -0.3 is 14.9 Å². The average molecular weight is 380 g/mol. The number of aromatic nitrogens is 2. The summed E-state index contributed by atoms with van der Waals surface area (Å²) >= 11 is 6.12. The number of rotatable bonds is 6. The van der Waals surface area contributed by atoms with Crippen molar-refractivity contribution in [2.45, 2.75) is 39.1 Å². The zero-order chi connectivity index (χ0) is 18.7. The Morgan fingerprint density at radius 3 is 2.92 bits per heavy atom. The summed E-state index contributed by atoms with van der Waals surface area (Å²) in [6.45, 7) is 4.27. The van der Waals surface area contributed by atoms with Crippen LogP contribution in [0.3, 0.4) is 0 Å². The van der Waals surface area contributed by atoms with Gasteiger partial charge in [0, 0.05) is 36.8 Å². The number of carbonyl (C=O) groups is 1. The van der Waals surface area contributed by atoms with Gasteiger partial charge >= 0.3 is 5.97 Å². The number of nitrogens with zero attached hydrogens (tertiary/aromatic N) is 3. The summed E-state index contributed by atoms with van der Waals surface area (Å²) in [7, 11) is 0. The van der Waals surface area contributed by atoms with Crippen LogP contribution in [0.2, 0.25) is 5.02 Å². The Balaban J connectivity index is 1.77. The van der Waals surface area contributed by atoms with Crippen molar-refractivity contribution in [2.24, 2.45) is 0 Å². The Kier molecular flexibility index (Phi) is 5.80. The molecule has 1 aromatic carbocycles. The molecule has 0 saturated heterocycles. The molecular formula is C18H22ClN3O4. The lowest BCUT2D eigenvalue weighted by molar-refractivity contribution is -0.139. The van der Waals surface area contributed by atoms with E-state index in [1.807, 2.05) is 16.8 Å². The molecule has 140 valence electrons. The summed E-state index contributed by atoms with van der Waals surface area (Å²) in [5.41, 5.74) is 2.57. The van der Waals surface area contributed by atoms with E-state index < -0.39 is 12.1 Å². The minimum atomic E-state index is -1.02. The third-order valence-corrected chi connectivity index (χ3v) is 4.54. The van der Waals surface area contributed by atoms with Gasteiger partial charge in [-0.3, -0.25) is 9.58 Å². The molecular weight excluding hydrogens is 358 g/mol. The van der Waals surface area contributed by atoms with E-state index in [4.69, 9.17) is 21.4 Å². The molecule has 0 aliphatic carbocycles. The predicted octanol–water partition coefficient (Wildman–Crippen LogP) is 2.46. The van der Waals surface area contributed by atoms with Crippen LogP contribution < -0.4 is 4.74 Å². The lowest BCUT2D eigenvalue weighted by Gasteiger charge is -2.21. The Labute approximate surface area is 156 Å². The van der Waals surface area contributed by atoms with Crippen molar-refractivity contribution in [3.05, 3.63) is 46.2 Å². The third-order valence-electron chi connectivity index (χ3n) is 4.31. The first-order chi connectivity index (χ1) is 12.4. The number of aliphatic hydroxyl groups excluding tert-OH is 1. The second-order valence-corrected chi connectivity index (χ2v) is 6.89. The van der Waals surface area contributed by atoms with Gasteiger partial charge in [-0.2, -0.15) is 5.10 Å². The van der Waals surface area contributed by atoms with Crippen LogP contribution in [0.25, 0.3) is 0 Å². The number of halogens is 1. The molecule has 0 saturated carbocycles. The molecule has 2 heterocycles. The maximum atomic E-state index is 10.8. The lowest BCUT2D eigenvalue weighted by Crippen LogP contribution is -2.23. The number of carboxylic acids is 1. The van der Waals surface area contributed by atoms with Crippen LogP contribution in [-0.4, -0.2) is 44.0 Å². The van der Waals surface area contributed by atoms with Gasteiger partial charge in [-0.25, -0.2) is 4.79 Å². The quantitative estimate of drug-likeness (QED) is 0.801. The van der Waals surface area contributed by atoms with Crippen molar-refractivity contribution in [3.8, 4) is 5.75 Å². The zero-order valence-corrected chi connectivity index (χ0v) is 15.3. The van der Waals surface area contributed by atoms with E-state index in [0.29, 0.717) is 29.6 Å². The lowest BCUT2D eigenvalue weighted by atomic mass is 10.1. The zero-order valence-electron chi connectivity index (χ0n) is 14.6. The average Bonchev–Trinajstić information content (AvgIpc) is 2.88. The highest BCUT2D eigenvalue weighted by molar-refractivity contribution is 6.30. The van der Waals surface area contributed by atoms with Crippen LogP contribution in [0.15, 0.2) is 24.3 Å². The summed E-state index contributed by atoms with van der Waals surface area (Å²) in [4.78, 5) is 13.0. The number of carboxylic acid groups (broad SMARTS) is 1. The standard InChI is InChI=1S/C18H22ClN3O4/c1-12(23)16-8-15-10-21(5-2-6-22(15)20-16)9-13-7-14(19)3-4-17(13)26-11-18(24)25/h3-4,7-8,12,23H,2,5-6,9-11H2,1H3,(H,24,25)/t12-/m1/s1. The largest absolute Gasteiger partial charge is 0.482 e. The van der Waals surface area contributed by atoms with Gasteiger partial charge in [-0.15, -0.1) is 0 Å². The molecule has 3 rings (SSSR count). The Morgan fingerprint density at radius 1 is 1.38 bits per heavy atom. The molecule has 0 bridgehead atoms. The van der Waals surface area contributed by atoms with Gasteiger partial charge in [-0.05, 0) is 37.6 Å². The molecule has 0 unspecified atom stereocenters. The molecule has 2 aromatic rings. The minimum Gasteiger partial charge on any atom is -0.482 e. The number of aliphatic hydroxyl groups is 1. The second-order valence-electron chi connectivity index (χ2n) is 6.46. The van der Waals surface area contributed by atoms with Crippen LogP contribution >= 0.6 is 11.6 Å². The number of benzene rings is 1. The molecule has 1 atom stereocenters. The number of fused-ring (bicyclic) bond motifs is 1. The van der Waals surface area contributed by atoms with E-state index in [1.54, 1.807) is 19.1 Å². The molecule has 1 aromatic heterocycles. The van der Waals surface area contributed by atoms with Crippen LogP contribution in [0.4, 0.5) is 0 Å². The normalized spacial score (nSPS) is 16.0.